The van der Waals surface area contributed by atoms with Gasteiger partial charge in [0.2, 0.25) is 11.8 Å². The minimum absolute atomic E-state index is 0.0808. The lowest BCUT2D eigenvalue weighted by Crippen LogP contribution is -2.50. The Morgan fingerprint density at radius 1 is 1.35 bits per heavy atom. The van der Waals surface area contributed by atoms with Crippen LogP contribution in [0.4, 0.5) is 0 Å². The zero-order chi connectivity index (χ0) is 13.0. The molecule has 0 fully saturated rings. The molecule has 7 nitrogen and oxygen atoms in total. The summed E-state index contributed by atoms with van der Waals surface area (Å²) in [6, 6.07) is 0. The maximum absolute atomic E-state index is 10.8. The molecule has 0 aliphatic carbocycles. The van der Waals surface area contributed by atoms with Crippen molar-refractivity contribution in [1.82, 2.24) is 10.6 Å². The first-order valence-corrected chi connectivity index (χ1v) is 5.15. The molecule has 2 amide bonds. The van der Waals surface area contributed by atoms with Crippen molar-refractivity contribution in [2.45, 2.75) is 32.2 Å². The predicted molar refractivity (Wildman–Crippen MR) is 57.5 cm³/mol. The van der Waals surface area contributed by atoms with E-state index in [-0.39, 0.29) is 24.1 Å². The molecular weight excluding hydrogens is 228 g/mol. The van der Waals surface area contributed by atoms with Crippen LogP contribution >= 0.6 is 0 Å². The van der Waals surface area contributed by atoms with Crippen molar-refractivity contribution in [3.63, 3.8) is 0 Å². The monoisotopic (exact) mass is 244 g/mol. The first-order valence-electron chi connectivity index (χ1n) is 5.15. The molecule has 0 aromatic rings. The van der Waals surface area contributed by atoms with E-state index < -0.39 is 18.3 Å². The van der Waals surface area contributed by atoms with Crippen LogP contribution in [0.3, 0.4) is 0 Å². The summed E-state index contributed by atoms with van der Waals surface area (Å²) in [4.78, 5) is 21.5. The average Bonchev–Trinajstić information content (AvgIpc) is 2.23. The smallest absolute Gasteiger partial charge is 0.221 e. The van der Waals surface area contributed by atoms with Gasteiger partial charge in [0, 0.05) is 13.8 Å². The fourth-order valence-corrected chi connectivity index (χ4v) is 1.42. The molecule has 1 heterocycles. The number of hydrogen-bond donors (Lipinski definition) is 4. The lowest BCUT2D eigenvalue weighted by atomic mass is 10.0. The van der Waals surface area contributed by atoms with Crippen LogP contribution in [0.15, 0.2) is 12.0 Å². The van der Waals surface area contributed by atoms with Crippen molar-refractivity contribution in [3.05, 3.63) is 12.0 Å². The summed E-state index contributed by atoms with van der Waals surface area (Å²) in [5.41, 5.74) is 0.101. The molecule has 7 heteroatoms. The van der Waals surface area contributed by atoms with Gasteiger partial charge in [0.25, 0.3) is 0 Å². The van der Waals surface area contributed by atoms with Gasteiger partial charge in [-0.2, -0.15) is 0 Å². The Bertz CT molecular complexity index is 342. The maximum atomic E-state index is 10.8. The molecule has 4 N–H and O–H groups in total. The summed E-state index contributed by atoms with van der Waals surface area (Å²) >= 11 is 0. The number of ether oxygens (including phenoxy) is 1. The molecule has 1 aliphatic rings. The molecular formula is C10H16N2O5. The second-order valence-electron chi connectivity index (χ2n) is 3.80. The fraction of sp³-hybridized carbons (Fsp3) is 0.600. The molecule has 0 bridgehead atoms. The quantitative estimate of drug-likeness (QED) is 0.469. The van der Waals surface area contributed by atoms with Crippen LogP contribution in [0.25, 0.3) is 0 Å². The van der Waals surface area contributed by atoms with Gasteiger partial charge in [0.05, 0.1) is 12.2 Å². The maximum Gasteiger partial charge on any atom is 0.221 e. The molecule has 96 valence electrons. The van der Waals surface area contributed by atoms with Gasteiger partial charge < -0.3 is 25.6 Å². The van der Waals surface area contributed by atoms with E-state index in [0.29, 0.717) is 0 Å². The standard InChI is InChI=1S/C10H16N2O5/c1-5(13)11-3-8-10(16)9(15)7(4-17-8)12-6(2)14/h4,8-10,15-16H,3H2,1-2H3,(H,11,13)(H,12,14)/t8?,9?,10-/m1/s1. The number of carbonyl (C=O) groups is 2. The first kappa shape index (κ1) is 13.5. The van der Waals surface area contributed by atoms with E-state index in [1.807, 2.05) is 0 Å². The topological polar surface area (TPSA) is 108 Å². The summed E-state index contributed by atoms with van der Waals surface area (Å²) < 4.78 is 5.12. The Hall–Kier alpha value is -1.60. The van der Waals surface area contributed by atoms with Crippen LogP contribution in [0.1, 0.15) is 13.8 Å². The van der Waals surface area contributed by atoms with Gasteiger partial charge in [-0.05, 0) is 0 Å². The number of nitrogens with one attached hydrogen (secondary N) is 2. The van der Waals surface area contributed by atoms with E-state index in [1.54, 1.807) is 0 Å². The van der Waals surface area contributed by atoms with Crippen molar-refractivity contribution in [2.75, 3.05) is 6.54 Å². The molecule has 2 unspecified atom stereocenters. The van der Waals surface area contributed by atoms with Gasteiger partial charge in [-0.1, -0.05) is 0 Å². The van der Waals surface area contributed by atoms with Gasteiger partial charge in [0.1, 0.15) is 24.6 Å². The molecule has 0 spiro atoms. The molecule has 1 aliphatic heterocycles. The van der Waals surface area contributed by atoms with Crippen molar-refractivity contribution in [2.24, 2.45) is 0 Å². The highest BCUT2D eigenvalue weighted by Gasteiger charge is 2.34. The third-order valence-corrected chi connectivity index (χ3v) is 2.27. The van der Waals surface area contributed by atoms with Gasteiger partial charge in [-0.25, -0.2) is 0 Å². The second kappa shape index (κ2) is 5.65. The lowest BCUT2D eigenvalue weighted by Gasteiger charge is -2.32. The van der Waals surface area contributed by atoms with Gasteiger partial charge >= 0.3 is 0 Å². The van der Waals surface area contributed by atoms with Crippen LogP contribution in [-0.2, 0) is 14.3 Å². The number of carbonyl (C=O) groups excluding carboxylic acids is 2. The Morgan fingerprint density at radius 2 is 2.00 bits per heavy atom. The van der Waals surface area contributed by atoms with Crippen LogP contribution in [-0.4, -0.2) is 46.9 Å². The van der Waals surface area contributed by atoms with Crippen molar-refractivity contribution in [3.8, 4) is 0 Å². The number of aliphatic hydroxyl groups excluding tert-OH is 2. The summed E-state index contributed by atoms with van der Waals surface area (Å²) in [5.74, 6) is -0.627. The van der Waals surface area contributed by atoms with Crippen molar-refractivity contribution in [1.29, 1.82) is 0 Å². The summed E-state index contributed by atoms with van der Waals surface area (Å²) in [7, 11) is 0. The number of hydrogen-bond acceptors (Lipinski definition) is 5. The van der Waals surface area contributed by atoms with E-state index >= 15 is 0 Å². The predicted octanol–water partition coefficient (Wildman–Crippen LogP) is -1.78. The average molecular weight is 244 g/mol. The van der Waals surface area contributed by atoms with Crippen LogP contribution in [0, 0.1) is 0 Å². The molecule has 1 rings (SSSR count). The minimum Gasteiger partial charge on any atom is -0.491 e. The van der Waals surface area contributed by atoms with Crippen LogP contribution in [0.5, 0.6) is 0 Å². The molecule has 3 atom stereocenters. The van der Waals surface area contributed by atoms with Crippen molar-refractivity contribution >= 4 is 11.8 Å². The van der Waals surface area contributed by atoms with Crippen LogP contribution in [0.2, 0.25) is 0 Å². The van der Waals surface area contributed by atoms with Gasteiger partial charge in [0.15, 0.2) is 0 Å². The Balaban J connectivity index is 2.61. The summed E-state index contributed by atoms with van der Waals surface area (Å²) in [6.07, 6.45) is -2.03. The van der Waals surface area contributed by atoms with E-state index in [0.717, 1.165) is 0 Å². The molecule has 17 heavy (non-hydrogen) atoms. The second-order valence-corrected chi connectivity index (χ2v) is 3.80. The van der Waals surface area contributed by atoms with Gasteiger partial charge in [-0.15, -0.1) is 0 Å². The van der Waals surface area contributed by atoms with Gasteiger partial charge in [-0.3, -0.25) is 9.59 Å². The van der Waals surface area contributed by atoms with Crippen molar-refractivity contribution < 1.29 is 24.5 Å². The zero-order valence-electron chi connectivity index (χ0n) is 9.64. The van der Waals surface area contributed by atoms with Crippen LogP contribution < -0.4 is 10.6 Å². The third kappa shape index (κ3) is 3.72. The molecule has 0 saturated carbocycles. The highest BCUT2D eigenvalue weighted by Crippen LogP contribution is 2.17. The van der Waals surface area contributed by atoms with E-state index in [2.05, 4.69) is 10.6 Å². The minimum atomic E-state index is -1.24. The number of aliphatic hydroxyl groups is 2. The SMILES string of the molecule is CC(=O)NCC1OC=C(NC(C)=O)C(O)[C@@H]1O. The Labute approximate surface area is 98.5 Å². The lowest BCUT2D eigenvalue weighted by molar-refractivity contribution is -0.121. The third-order valence-electron chi connectivity index (χ3n) is 2.27. The van der Waals surface area contributed by atoms with E-state index in [9.17, 15) is 19.8 Å². The zero-order valence-corrected chi connectivity index (χ0v) is 9.64. The number of amides is 2. The first-order chi connectivity index (χ1) is 7.91. The number of rotatable bonds is 3. The van der Waals surface area contributed by atoms with E-state index in [4.69, 9.17) is 4.74 Å². The largest absolute Gasteiger partial charge is 0.491 e. The van der Waals surface area contributed by atoms with E-state index in [1.165, 1.54) is 20.1 Å². The molecule has 0 saturated heterocycles. The molecule has 0 aromatic carbocycles. The Kier molecular flexibility index (Phi) is 4.47. The highest BCUT2D eigenvalue weighted by molar-refractivity contribution is 5.75. The highest BCUT2D eigenvalue weighted by atomic mass is 16.5. The summed E-state index contributed by atoms with van der Waals surface area (Å²) in [6.45, 7) is 2.70. The summed E-state index contributed by atoms with van der Waals surface area (Å²) in [5, 5.41) is 24.2. The Morgan fingerprint density at radius 3 is 2.53 bits per heavy atom. The molecule has 0 radical (unpaired) electrons. The fourth-order valence-electron chi connectivity index (χ4n) is 1.42. The molecule has 0 aromatic heterocycles. The normalized spacial score (nSPS) is 27.8.